The number of hydrogen-bond acceptors (Lipinski definition) is 5. The maximum Gasteiger partial charge on any atom is 0.246 e. The number of nitrogens with two attached hydrogens (primary N) is 1. The van der Waals surface area contributed by atoms with E-state index in [1.165, 1.54) is 4.68 Å². The minimum atomic E-state index is -3.73. The maximum atomic E-state index is 12.4. The maximum absolute atomic E-state index is 12.4. The Kier molecular flexibility index (Phi) is 3.78. The van der Waals surface area contributed by atoms with E-state index in [1.807, 2.05) is 0 Å². The topological polar surface area (TPSA) is 103 Å². The van der Waals surface area contributed by atoms with Gasteiger partial charge in [-0.05, 0) is 25.5 Å². The molecule has 0 aromatic carbocycles. The standard InChI is InChI=1S/C12H17N5O2S/c1-8(10-5-4-6-14-7-10)16-20(18,19)11-9(2)17(3)15-12(11)13/h4-8,16H,1-3H3,(H2,13,15). The Morgan fingerprint density at radius 1 is 1.45 bits per heavy atom. The number of nitrogens with one attached hydrogen (secondary N) is 1. The molecule has 2 rings (SSSR count). The first-order chi connectivity index (χ1) is 9.33. The van der Waals surface area contributed by atoms with Gasteiger partial charge < -0.3 is 5.73 Å². The normalized spacial score (nSPS) is 13.3. The number of nitrogens with zero attached hydrogens (tertiary/aromatic N) is 3. The molecule has 108 valence electrons. The van der Waals surface area contributed by atoms with Gasteiger partial charge in [0.05, 0.1) is 5.69 Å². The van der Waals surface area contributed by atoms with Crippen LogP contribution in [0.1, 0.15) is 24.2 Å². The third-order valence-electron chi connectivity index (χ3n) is 3.09. The van der Waals surface area contributed by atoms with E-state index in [9.17, 15) is 8.42 Å². The molecule has 0 saturated carbocycles. The number of nitrogen functional groups attached to an aromatic ring is 1. The average molecular weight is 295 g/mol. The molecule has 2 aromatic rings. The van der Waals surface area contributed by atoms with Crippen LogP contribution in [0.3, 0.4) is 0 Å². The Bertz CT molecular complexity index is 709. The van der Waals surface area contributed by atoms with Crippen molar-refractivity contribution in [1.82, 2.24) is 19.5 Å². The summed E-state index contributed by atoms with van der Waals surface area (Å²) in [5, 5.41) is 3.92. The fourth-order valence-corrected chi connectivity index (χ4v) is 3.49. The number of rotatable bonds is 4. The highest BCUT2D eigenvalue weighted by Crippen LogP contribution is 2.23. The van der Waals surface area contributed by atoms with Gasteiger partial charge in [0, 0.05) is 25.5 Å². The molecule has 1 atom stereocenters. The molecule has 0 aliphatic rings. The van der Waals surface area contributed by atoms with Gasteiger partial charge in [-0.15, -0.1) is 0 Å². The van der Waals surface area contributed by atoms with Gasteiger partial charge in [0.25, 0.3) is 0 Å². The second-order valence-corrected chi connectivity index (χ2v) is 6.20. The zero-order chi connectivity index (χ0) is 14.9. The van der Waals surface area contributed by atoms with Crippen molar-refractivity contribution in [1.29, 1.82) is 0 Å². The predicted molar refractivity (Wildman–Crippen MR) is 75.3 cm³/mol. The van der Waals surface area contributed by atoms with Crippen LogP contribution in [-0.4, -0.2) is 23.2 Å². The number of anilines is 1. The van der Waals surface area contributed by atoms with Crippen molar-refractivity contribution >= 4 is 15.8 Å². The van der Waals surface area contributed by atoms with E-state index in [0.717, 1.165) is 5.56 Å². The van der Waals surface area contributed by atoms with Crippen LogP contribution >= 0.6 is 0 Å². The highest BCUT2D eigenvalue weighted by atomic mass is 32.2. The first-order valence-electron chi connectivity index (χ1n) is 6.04. The first kappa shape index (κ1) is 14.5. The van der Waals surface area contributed by atoms with Gasteiger partial charge in [0.15, 0.2) is 5.82 Å². The van der Waals surface area contributed by atoms with Crippen molar-refractivity contribution in [3.05, 3.63) is 35.8 Å². The van der Waals surface area contributed by atoms with Gasteiger partial charge >= 0.3 is 0 Å². The van der Waals surface area contributed by atoms with Crippen LogP contribution in [0.5, 0.6) is 0 Å². The zero-order valence-corrected chi connectivity index (χ0v) is 12.3. The number of sulfonamides is 1. The summed E-state index contributed by atoms with van der Waals surface area (Å²) in [6.07, 6.45) is 3.25. The number of hydrogen-bond donors (Lipinski definition) is 2. The first-order valence-corrected chi connectivity index (χ1v) is 7.52. The van der Waals surface area contributed by atoms with Crippen LogP contribution in [0, 0.1) is 6.92 Å². The molecular formula is C12H17N5O2S. The van der Waals surface area contributed by atoms with E-state index in [1.54, 1.807) is 45.4 Å². The van der Waals surface area contributed by atoms with Crippen molar-refractivity contribution in [3.8, 4) is 0 Å². The number of aromatic nitrogens is 3. The van der Waals surface area contributed by atoms with E-state index in [0.29, 0.717) is 5.69 Å². The van der Waals surface area contributed by atoms with E-state index in [4.69, 9.17) is 5.73 Å². The summed E-state index contributed by atoms with van der Waals surface area (Å²) in [7, 11) is -2.09. The third kappa shape index (κ3) is 2.66. The van der Waals surface area contributed by atoms with Gasteiger partial charge in [0.2, 0.25) is 10.0 Å². The SMILES string of the molecule is Cc1c(S(=O)(=O)NC(C)c2cccnc2)c(N)nn1C. The van der Waals surface area contributed by atoms with Gasteiger partial charge in [-0.2, -0.15) is 5.10 Å². The molecule has 20 heavy (non-hydrogen) atoms. The molecular weight excluding hydrogens is 278 g/mol. The quantitative estimate of drug-likeness (QED) is 0.866. The van der Waals surface area contributed by atoms with Crippen molar-refractivity contribution in [2.75, 3.05) is 5.73 Å². The largest absolute Gasteiger partial charge is 0.381 e. The molecule has 2 aromatic heterocycles. The fourth-order valence-electron chi connectivity index (χ4n) is 1.94. The number of pyridine rings is 1. The second-order valence-electron chi connectivity index (χ2n) is 4.55. The monoisotopic (exact) mass is 295 g/mol. The van der Waals surface area contributed by atoms with Crippen molar-refractivity contribution < 1.29 is 8.42 Å². The van der Waals surface area contributed by atoms with Crippen LogP contribution < -0.4 is 10.5 Å². The predicted octanol–water partition coefficient (Wildman–Crippen LogP) is 0.745. The van der Waals surface area contributed by atoms with E-state index < -0.39 is 16.1 Å². The second kappa shape index (κ2) is 5.22. The molecule has 0 aliphatic carbocycles. The minimum Gasteiger partial charge on any atom is -0.381 e. The van der Waals surface area contributed by atoms with Crippen molar-refractivity contribution in [2.45, 2.75) is 24.8 Å². The van der Waals surface area contributed by atoms with Gasteiger partial charge in [-0.3, -0.25) is 9.67 Å². The molecule has 8 heteroatoms. The van der Waals surface area contributed by atoms with E-state index in [2.05, 4.69) is 14.8 Å². The van der Waals surface area contributed by atoms with Crippen LogP contribution in [0.15, 0.2) is 29.4 Å². The third-order valence-corrected chi connectivity index (χ3v) is 4.80. The van der Waals surface area contributed by atoms with Crippen LogP contribution in [0.25, 0.3) is 0 Å². The molecule has 7 nitrogen and oxygen atoms in total. The molecule has 0 aliphatic heterocycles. The Morgan fingerprint density at radius 3 is 2.65 bits per heavy atom. The summed E-state index contributed by atoms with van der Waals surface area (Å²) in [5.41, 5.74) is 6.95. The van der Waals surface area contributed by atoms with Crippen LogP contribution in [-0.2, 0) is 17.1 Å². The Morgan fingerprint density at radius 2 is 2.15 bits per heavy atom. The van der Waals surface area contributed by atoms with Gasteiger partial charge in [-0.1, -0.05) is 6.07 Å². The average Bonchev–Trinajstić information content (AvgIpc) is 2.64. The lowest BCUT2D eigenvalue weighted by Crippen LogP contribution is -2.28. The lowest BCUT2D eigenvalue weighted by Gasteiger charge is -2.14. The Hall–Kier alpha value is -1.93. The summed E-state index contributed by atoms with van der Waals surface area (Å²) in [5.74, 6) is -0.00381. The Labute approximate surface area is 117 Å². The molecule has 0 saturated heterocycles. The molecule has 3 N–H and O–H groups in total. The smallest absolute Gasteiger partial charge is 0.246 e. The summed E-state index contributed by atoms with van der Waals surface area (Å²) in [6, 6.07) is 3.15. The summed E-state index contributed by atoms with van der Waals surface area (Å²) < 4.78 is 28.8. The molecule has 0 radical (unpaired) electrons. The zero-order valence-electron chi connectivity index (χ0n) is 11.5. The highest BCUT2D eigenvalue weighted by Gasteiger charge is 2.26. The fraction of sp³-hybridized carbons (Fsp3) is 0.333. The van der Waals surface area contributed by atoms with Gasteiger partial charge in [-0.25, -0.2) is 13.1 Å². The molecule has 1 unspecified atom stereocenters. The highest BCUT2D eigenvalue weighted by molar-refractivity contribution is 7.89. The molecule has 0 bridgehead atoms. The molecule has 0 fully saturated rings. The summed E-state index contributed by atoms with van der Waals surface area (Å²) in [6.45, 7) is 3.41. The summed E-state index contributed by atoms with van der Waals surface area (Å²) >= 11 is 0. The van der Waals surface area contributed by atoms with Crippen molar-refractivity contribution in [3.63, 3.8) is 0 Å². The molecule has 2 heterocycles. The van der Waals surface area contributed by atoms with Gasteiger partial charge in [0.1, 0.15) is 4.90 Å². The summed E-state index contributed by atoms with van der Waals surface area (Å²) in [4.78, 5) is 4.00. The lowest BCUT2D eigenvalue weighted by molar-refractivity contribution is 0.566. The van der Waals surface area contributed by atoms with Crippen LogP contribution in [0.4, 0.5) is 5.82 Å². The molecule has 0 spiro atoms. The minimum absolute atomic E-state index is 0.00381. The Balaban J connectivity index is 2.33. The molecule has 0 amide bonds. The van der Waals surface area contributed by atoms with E-state index in [-0.39, 0.29) is 10.7 Å². The van der Waals surface area contributed by atoms with Crippen molar-refractivity contribution in [2.24, 2.45) is 7.05 Å². The van der Waals surface area contributed by atoms with E-state index >= 15 is 0 Å². The number of aryl methyl sites for hydroxylation is 1. The van der Waals surface area contributed by atoms with Crippen LogP contribution in [0.2, 0.25) is 0 Å². The lowest BCUT2D eigenvalue weighted by atomic mass is 10.2.